The number of carbonyl (C=O) groups is 1. The van der Waals surface area contributed by atoms with Gasteiger partial charge in [-0.3, -0.25) is 9.78 Å². The number of aromatic nitrogens is 1. The maximum atomic E-state index is 11.9. The molecule has 1 amide bonds. The number of hydrogen-bond donors (Lipinski definition) is 1. The highest BCUT2D eigenvalue weighted by atomic mass is 16.2. The first-order valence-corrected chi connectivity index (χ1v) is 5.14. The first kappa shape index (κ1) is 10.1. The maximum absolute atomic E-state index is 11.9. The van der Waals surface area contributed by atoms with Gasteiger partial charge >= 0.3 is 0 Å². The average Bonchev–Trinajstić information content (AvgIpc) is 2.60. The van der Waals surface area contributed by atoms with Gasteiger partial charge in [-0.05, 0) is 32.5 Å². The van der Waals surface area contributed by atoms with Gasteiger partial charge in [0.05, 0.1) is 17.4 Å². The molecule has 1 atom stereocenters. The van der Waals surface area contributed by atoms with Crippen molar-refractivity contribution < 1.29 is 4.79 Å². The van der Waals surface area contributed by atoms with E-state index in [1.807, 2.05) is 31.0 Å². The molecule has 1 aliphatic heterocycles. The van der Waals surface area contributed by atoms with Crippen LogP contribution in [0.3, 0.4) is 0 Å². The van der Waals surface area contributed by atoms with Crippen LogP contribution in [0.1, 0.15) is 12.1 Å². The molecular weight excluding hydrogens is 190 g/mol. The lowest BCUT2D eigenvalue weighted by molar-refractivity contribution is -0.118. The fourth-order valence-corrected chi connectivity index (χ4v) is 1.95. The smallest absolute Gasteiger partial charge is 0.244 e. The number of likely N-dealkylation sites (N-methyl/N-ethyl adjacent to an activating group) is 1. The molecule has 1 saturated heterocycles. The van der Waals surface area contributed by atoms with E-state index < -0.39 is 0 Å². The van der Waals surface area contributed by atoms with E-state index in [-0.39, 0.29) is 11.9 Å². The zero-order chi connectivity index (χ0) is 10.8. The Morgan fingerprint density at radius 2 is 2.40 bits per heavy atom. The zero-order valence-electron chi connectivity index (χ0n) is 9.03. The van der Waals surface area contributed by atoms with E-state index in [2.05, 4.69) is 10.3 Å². The van der Waals surface area contributed by atoms with E-state index in [0.717, 1.165) is 24.3 Å². The number of nitrogens with one attached hydrogen (secondary N) is 1. The number of aryl methyl sites for hydroxylation is 1. The standard InChI is InChI=1S/C11H15N3O/c1-8-10(4-3-6-13-8)14-7-5-9(12-2)11(14)15/h3-4,6,9,12H,5,7H2,1-2H3. The molecular formula is C11H15N3O. The summed E-state index contributed by atoms with van der Waals surface area (Å²) in [5, 5.41) is 3.02. The number of rotatable bonds is 2. The summed E-state index contributed by atoms with van der Waals surface area (Å²) < 4.78 is 0. The summed E-state index contributed by atoms with van der Waals surface area (Å²) in [4.78, 5) is 17.9. The van der Waals surface area contributed by atoms with Crippen LogP contribution in [0, 0.1) is 6.92 Å². The predicted molar refractivity (Wildman–Crippen MR) is 58.8 cm³/mol. The Bertz CT molecular complexity index is 378. The monoisotopic (exact) mass is 205 g/mol. The first-order valence-electron chi connectivity index (χ1n) is 5.14. The Balaban J connectivity index is 2.27. The van der Waals surface area contributed by atoms with Crippen LogP contribution in [0.2, 0.25) is 0 Å². The number of carbonyl (C=O) groups excluding carboxylic acids is 1. The first-order chi connectivity index (χ1) is 7.24. The van der Waals surface area contributed by atoms with Gasteiger partial charge in [-0.2, -0.15) is 0 Å². The van der Waals surface area contributed by atoms with Crippen molar-refractivity contribution in [2.45, 2.75) is 19.4 Å². The molecule has 1 aliphatic rings. The Labute approximate surface area is 89.3 Å². The second-order valence-electron chi connectivity index (χ2n) is 3.73. The van der Waals surface area contributed by atoms with Crippen molar-refractivity contribution in [3.63, 3.8) is 0 Å². The molecule has 1 fully saturated rings. The van der Waals surface area contributed by atoms with Crippen molar-refractivity contribution in [1.82, 2.24) is 10.3 Å². The van der Waals surface area contributed by atoms with Gasteiger partial charge in [0.25, 0.3) is 0 Å². The molecule has 80 valence electrons. The van der Waals surface area contributed by atoms with E-state index in [0.29, 0.717) is 0 Å². The van der Waals surface area contributed by atoms with Crippen molar-refractivity contribution in [2.24, 2.45) is 0 Å². The van der Waals surface area contributed by atoms with E-state index in [1.165, 1.54) is 0 Å². The maximum Gasteiger partial charge on any atom is 0.244 e. The van der Waals surface area contributed by atoms with Crippen LogP contribution in [0.25, 0.3) is 0 Å². The normalized spacial score (nSPS) is 21.1. The average molecular weight is 205 g/mol. The zero-order valence-corrected chi connectivity index (χ0v) is 9.03. The van der Waals surface area contributed by atoms with Crippen LogP contribution in [0.15, 0.2) is 18.3 Å². The van der Waals surface area contributed by atoms with Crippen LogP contribution in [0.4, 0.5) is 5.69 Å². The molecule has 0 aromatic carbocycles. The third kappa shape index (κ3) is 1.72. The SMILES string of the molecule is CNC1CCN(c2cccnc2C)C1=O. The van der Waals surface area contributed by atoms with Crippen LogP contribution in [-0.4, -0.2) is 30.5 Å². The minimum Gasteiger partial charge on any atom is -0.309 e. The molecule has 1 unspecified atom stereocenters. The van der Waals surface area contributed by atoms with E-state index in [1.54, 1.807) is 6.20 Å². The molecule has 0 bridgehead atoms. The quantitative estimate of drug-likeness (QED) is 0.773. The van der Waals surface area contributed by atoms with Crippen LogP contribution < -0.4 is 10.2 Å². The van der Waals surface area contributed by atoms with Crippen molar-refractivity contribution in [3.8, 4) is 0 Å². The molecule has 2 heterocycles. The largest absolute Gasteiger partial charge is 0.309 e. The van der Waals surface area contributed by atoms with E-state index in [9.17, 15) is 4.79 Å². The summed E-state index contributed by atoms with van der Waals surface area (Å²) in [6, 6.07) is 3.77. The highest BCUT2D eigenvalue weighted by Crippen LogP contribution is 2.23. The molecule has 0 spiro atoms. The molecule has 15 heavy (non-hydrogen) atoms. The lowest BCUT2D eigenvalue weighted by Gasteiger charge is -2.18. The fourth-order valence-electron chi connectivity index (χ4n) is 1.95. The van der Waals surface area contributed by atoms with Crippen molar-refractivity contribution in [2.75, 3.05) is 18.5 Å². The molecule has 0 radical (unpaired) electrons. The van der Waals surface area contributed by atoms with Crippen molar-refractivity contribution >= 4 is 11.6 Å². The second kappa shape index (κ2) is 3.98. The van der Waals surface area contributed by atoms with Gasteiger partial charge in [0.1, 0.15) is 0 Å². The number of nitrogens with zero attached hydrogens (tertiary/aromatic N) is 2. The molecule has 1 N–H and O–H groups in total. The highest BCUT2D eigenvalue weighted by molar-refractivity contribution is 5.99. The van der Waals surface area contributed by atoms with Gasteiger partial charge in [-0.1, -0.05) is 0 Å². The summed E-state index contributed by atoms with van der Waals surface area (Å²) in [5.41, 5.74) is 1.84. The number of pyridine rings is 1. The summed E-state index contributed by atoms with van der Waals surface area (Å²) in [7, 11) is 1.82. The Morgan fingerprint density at radius 1 is 1.60 bits per heavy atom. The topological polar surface area (TPSA) is 45.2 Å². The van der Waals surface area contributed by atoms with Crippen LogP contribution in [-0.2, 0) is 4.79 Å². The third-order valence-corrected chi connectivity index (χ3v) is 2.82. The predicted octanol–water partition coefficient (Wildman–Crippen LogP) is 0.715. The van der Waals surface area contributed by atoms with Gasteiger partial charge in [0, 0.05) is 12.7 Å². The molecule has 1 aromatic rings. The molecule has 0 aliphatic carbocycles. The third-order valence-electron chi connectivity index (χ3n) is 2.82. The Hall–Kier alpha value is -1.42. The van der Waals surface area contributed by atoms with Crippen molar-refractivity contribution in [1.29, 1.82) is 0 Å². The summed E-state index contributed by atoms with van der Waals surface area (Å²) in [6.07, 6.45) is 2.61. The van der Waals surface area contributed by atoms with Gasteiger partial charge in [0.15, 0.2) is 0 Å². The molecule has 2 rings (SSSR count). The van der Waals surface area contributed by atoms with Crippen LogP contribution >= 0.6 is 0 Å². The molecule has 1 aromatic heterocycles. The summed E-state index contributed by atoms with van der Waals surface area (Å²) in [6.45, 7) is 2.70. The Morgan fingerprint density at radius 3 is 3.00 bits per heavy atom. The van der Waals surface area contributed by atoms with Crippen molar-refractivity contribution in [3.05, 3.63) is 24.0 Å². The minimum absolute atomic E-state index is 0.0374. The fraction of sp³-hybridized carbons (Fsp3) is 0.455. The van der Waals surface area contributed by atoms with Gasteiger partial charge < -0.3 is 10.2 Å². The lowest BCUT2D eigenvalue weighted by atomic mass is 10.2. The van der Waals surface area contributed by atoms with Gasteiger partial charge in [0.2, 0.25) is 5.91 Å². The van der Waals surface area contributed by atoms with E-state index in [4.69, 9.17) is 0 Å². The van der Waals surface area contributed by atoms with E-state index >= 15 is 0 Å². The number of anilines is 1. The van der Waals surface area contributed by atoms with Gasteiger partial charge in [-0.15, -0.1) is 0 Å². The second-order valence-corrected chi connectivity index (χ2v) is 3.73. The summed E-state index contributed by atoms with van der Waals surface area (Å²) >= 11 is 0. The molecule has 4 heteroatoms. The minimum atomic E-state index is -0.0374. The molecule has 0 saturated carbocycles. The number of amides is 1. The molecule has 4 nitrogen and oxygen atoms in total. The number of hydrogen-bond acceptors (Lipinski definition) is 3. The highest BCUT2D eigenvalue weighted by Gasteiger charge is 2.31. The lowest BCUT2D eigenvalue weighted by Crippen LogP contribution is -2.36. The summed E-state index contributed by atoms with van der Waals surface area (Å²) in [5.74, 6) is 0.147. The Kier molecular flexibility index (Phi) is 2.68. The van der Waals surface area contributed by atoms with Crippen LogP contribution in [0.5, 0.6) is 0 Å². The van der Waals surface area contributed by atoms with Gasteiger partial charge in [-0.25, -0.2) is 0 Å².